The van der Waals surface area contributed by atoms with Crippen LogP contribution in [0.5, 0.6) is 0 Å². The second-order valence-electron chi connectivity index (χ2n) is 6.07. The zero-order chi connectivity index (χ0) is 15.9. The normalized spacial score (nSPS) is 21.4. The van der Waals surface area contributed by atoms with E-state index in [0.717, 1.165) is 63.6 Å². The van der Waals surface area contributed by atoms with Crippen molar-refractivity contribution in [2.45, 2.75) is 38.3 Å². The molecule has 3 heterocycles. The molecule has 126 valence electrons. The Kier molecular flexibility index (Phi) is 5.82. The topological polar surface area (TPSA) is 63.7 Å². The van der Waals surface area contributed by atoms with Crippen LogP contribution < -0.4 is 10.2 Å². The van der Waals surface area contributed by atoms with Gasteiger partial charge in [-0.05, 0) is 30.9 Å². The Labute approximate surface area is 137 Å². The van der Waals surface area contributed by atoms with Crippen LogP contribution >= 0.6 is 0 Å². The zero-order valence-electron chi connectivity index (χ0n) is 13.5. The summed E-state index contributed by atoms with van der Waals surface area (Å²) in [5.41, 5.74) is 1.02. The van der Waals surface area contributed by atoms with Crippen molar-refractivity contribution in [2.24, 2.45) is 0 Å². The van der Waals surface area contributed by atoms with Crippen LogP contribution in [0.1, 0.15) is 31.2 Å². The lowest BCUT2D eigenvalue weighted by Crippen LogP contribution is -2.36. The first kappa shape index (κ1) is 16.2. The summed E-state index contributed by atoms with van der Waals surface area (Å²) >= 11 is 0. The van der Waals surface area contributed by atoms with Gasteiger partial charge in [0.25, 0.3) is 0 Å². The molecule has 0 spiro atoms. The number of hydrogen-bond acceptors (Lipinski definition) is 5. The quantitative estimate of drug-likeness (QED) is 0.861. The number of morpholine rings is 1. The third-order valence-corrected chi connectivity index (χ3v) is 4.35. The van der Waals surface area contributed by atoms with Gasteiger partial charge in [0.05, 0.1) is 19.3 Å². The summed E-state index contributed by atoms with van der Waals surface area (Å²) < 4.78 is 10.9. The second kappa shape index (κ2) is 8.26. The molecule has 0 saturated carbocycles. The molecule has 2 aliphatic heterocycles. The highest BCUT2D eigenvalue weighted by atomic mass is 16.5. The minimum absolute atomic E-state index is 0.0813. The van der Waals surface area contributed by atoms with Crippen LogP contribution in [0.25, 0.3) is 0 Å². The Hall–Kier alpha value is -1.66. The van der Waals surface area contributed by atoms with Gasteiger partial charge in [-0.15, -0.1) is 0 Å². The van der Waals surface area contributed by atoms with Gasteiger partial charge >= 0.3 is 0 Å². The SMILES string of the molecule is O=C(CC[C@@H]1CCCO1)NCc1ccc(N2CCOCC2)nc1. The van der Waals surface area contributed by atoms with Crippen molar-refractivity contribution in [1.82, 2.24) is 10.3 Å². The number of aromatic nitrogens is 1. The van der Waals surface area contributed by atoms with Gasteiger partial charge in [-0.1, -0.05) is 6.07 Å². The van der Waals surface area contributed by atoms with E-state index in [2.05, 4.69) is 15.2 Å². The number of amides is 1. The van der Waals surface area contributed by atoms with Crippen molar-refractivity contribution in [1.29, 1.82) is 0 Å². The maximum absolute atomic E-state index is 11.9. The molecule has 2 aliphatic rings. The lowest BCUT2D eigenvalue weighted by Gasteiger charge is -2.27. The fraction of sp³-hybridized carbons (Fsp3) is 0.647. The number of ether oxygens (including phenoxy) is 2. The highest BCUT2D eigenvalue weighted by Crippen LogP contribution is 2.17. The summed E-state index contributed by atoms with van der Waals surface area (Å²) in [6, 6.07) is 4.04. The molecule has 23 heavy (non-hydrogen) atoms. The molecule has 0 aliphatic carbocycles. The van der Waals surface area contributed by atoms with E-state index in [1.165, 1.54) is 0 Å². The van der Waals surface area contributed by atoms with Crippen LogP contribution in [-0.4, -0.2) is 49.9 Å². The van der Waals surface area contributed by atoms with Gasteiger partial charge in [0.15, 0.2) is 0 Å². The van der Waals surface area contributed by atoms with Crippen LogP contribution in [0.15, 0.2) is 18.3 Å². The van der Waals surface area contributed by atoms with E-state index < -0.39 is 0 Å². The molecule has 1 N–H and O–H groups in total. The Bertz CT molecular complexity index is 494. The maximum Gasteiger partial charge on any atom is 0.220 e. The molecule has 2 fully saturated rings. The minimum Gasteiger partial charge on any atom is -0.378 e. The smallest absolute Gasteiger partial charge is 0.220 e. The highest BCUT2D eigenvalue weighted by Gasteiger charge is 2.16. The van der Waals surface area contributed by atoms with E-state index in [-0.39, 0.29) is 12.0 Å². The fourth-order valence-electron chi connectivity index (χ4n) is 2.95. The van der Waals surface area contributed by atoms with Gasteiger partial charge < -0.3 is 19.7 Å². The monoisotopic (exact) mass is 319 g/mol. The Balaban J connectivity index is 1.40. The third-order valence-electron chi connectivity index (χ3n) is 4.35. The summed E-state index contributed by atoms with van der Waals surface area (Å²) in [6.07, 6.45) is 5.67. The van der Waals surface area contributed by atoms with Crippen LogP contribution in [-0.2, 0) is 20.8 Å². The van der Waals surface area contributed by atoms with Gasteiger partial charge in [-0.3, -0.25) is 4.79 Å². The minimum atomic E-state index is 0.0813. The van der Waals surface area contributed by atoms with Gasteiger partial charge in [-0.25, -0.2) is 4.98 Å². The molecule has 3 rings (SSSR count). The zero-order valence-corrected chi connectivity index (χ0v) is 13.5. The molecule has 2 saturated heterocycles. The van der Waals surface area contributed by atoms with E-state index in [1.54, 1.807) is 0 Å². The molecule has 0 radical (unpaired) electrons. The van der Waals surface area contributed by atoms with Crippen LogP contribution in [0.2, 0.25) is 0 Å². The molecular formula is C17H25N3O3. The number of nitrogens with zero attached hydrogens (tertiary/aromatic N) is 2. The first-order valence-corrected chi connectivity index (χ1v) is 8.47. The van der Waals surface area contributed by atoms with Crippen molar-refractivity contribution in [3.8, 4) is 0 Å². The lowest BCUT2D eigenvalue weighted by atomic mass is 10.1. The Morgan fingerprint density at radius 3 is 2.87 bits per heavy atom. The number of carbonyl (C=O) groups is 1. The molecular weight excluding hydrogens is 294 g/mol. The third kappa shape index (κ3) is 4.91. The molecule has 0 unspecified atom stereocenters. The van der Waals surface area contributed by atoms with Crippen LogP contribution in [0, 0.1) is 0 Å². The summed E-state index contributed by atoms with van der Waals surface area (Å²) in [5.74, 6) is 1.06. The summed E-state index contributed by atoms with van der Waals surface area (Å²) in [5, 5.41) is 2.95. The lowest BCUT2D eigenvalue weighted by molar-refractivity contribution is -0.121. The highest BCUT2D eigenvalue weighted by molar-refractivity contribution is 5.75. The van der Waals surface area contributed by atoms with E-state index in [1.807, 2.05) is 18.3 Å². The molecule has 0 aromatic carbocycles. The summed E-state index contributed by atoms with van der Waals surface area (Å²) in [6.45, 7) is 4.64. The van der Waals surface area contributed by atoms with E-state index in [0.29, 0.717) is 13.0 Å². The van der Waals surface area contributed by atoms with Gasteiger partial charge in [0.1, 0.15) is 5.82 Å². The van der Waals surface area contributed by atoms with Gasteiger partial charge in [-0.2, -0.15) is 0 Å². The number of nitrogens with one attached hydrogen (secondary N) is 1. The van der Waals surface area contributed by atoms with Crippen LogP contribution in [0.3, 0.4) is 0 Å². The number of hydrogen-bond donors (Lipinski definition) is 1. The van der Waals surface area contributed by atoms with Crippen molar-refractivity contribution in [2.75, 3.05) is 37.8 Å². The van der Waals surface area contributed by atoms with E-state index >= 15 is 0 Å². The van der Waals surface area contributed by atoms with Gasteiger partial charge in [0, 0.05) is 38.9 Å². The summed E-state index contributed by atoms with van der Waals surface area (Å²) in [4.78, 5) is 18.6. The predicted molar refractivity (Wildman–Crippen MR) is 87.3 cm³/mol. The molecule has 1 atom stereocenters. The van der Waals surface area contributed by atoms with Crippen molar-refractivity contribution < 1.29 is 14.3 Å². The first-order valence-electron chi connectivity index (χ1n) is 8.47. The number of rotatable bonds is 6. The van der Waals surface area contributed by atoms with E-state index in [9.17, 15) is 4.79 Å². The summed E-state index contributed by atoms with van der Waals surface area (Å²) in [7, 11) is 0. The predicted octanol–water partition coefficient (Wildman–Crippen LogP) is 1.49. The largest absolute Gasteiger partial charge is 0.378 e. The van der Waals surface area contributed by atoms with Crippen molar-refractivity contribution in [3.05, 3.63) is 23.9 Å². The Morgan fingerprint density at radius 1 is 1.30 bits per heavy atom. The Morgan fingerprint density at radius 2 is 2.17 bits per heavy atom. The molecule has 1 aromatic rings. The maximum atomic E-state index is 11.9. The second-order valence-corrected chi connectivity index (χ2v) is 6.07. The molecule has 0 bridgehead atoms. The fourth-order valence-corrected chi connectivity index (χ4v) is 2.95. The molecule has 6 heteroatoms. The average molecular weight is 319 g/mol. The van der Waals surface area contributed by atoms with Crippen molar-refractivity contribution in [3.63, 3.8) is 0 Å². The molecule has 1 amide bonds. The molecule has 6 nitrogen and oxygen atoms in total. The van der Waals surface area contributed by atoms with Crippen LogP contribution in [0.4, 0.5) is 5.82 Å². The standard InChI is InChI=1S/C17H25N3O3/c21-17(6-4-15-2-1-9-23-15)19-13-14-3-5-16(18-12-14)20-7-10-22-11-8-20/h3,5,12,15H,1-2,4,6-11,13H2,(H,19,21)/t15-/m0/s1. The average Bonchev–Trinajstić information content (AvgIpc) is 3.13. The number of anilines is 1. The number of pyridine rings is 1. The molecule has 1 aromatic heterocycles. The van der Waals surface area contributed by atoms with Crippen molar-refractivity contribution >= 4 is 11.7 Å². The van der Waals surface area contributed by atoms with Gasteiger partial charge in [0.2, 0.25) is 5.91 Å². The van der Waals surface area contributed by atoms with E-state index in [4.69, 9.17) is 9.47 Å². The number of carbonyl (C=O) groups excluding carboxylic acids is 1. The first-order chi connectivity index (χ1) is 11.3.